The number of fused-ring (bicyclic) bond motifs is 1. The Morgan fingerprint density at radius 3 is 1.55 bits per heavy atom. The number of hydrogen-bond acceptors (Lipinski definition) is 7. The molecule has 0 aliphatic carbocycles. The molecule has 1 aromatic rings. The van der Waals surface area contributed by atoms with E-state index in [0.29, 0.717) is 5.06 Å². The molecule has 172 valence electrons. The number of halogens is 1. The van der Waals surface area contributed by atoms with Crippen LogP contribution in [-0.4, -0.2) is 50.9 Å². The largest absolute Gasteiger partial charge is 0.459 e. The van der Waals surface area contributed by atoms with Gasteiger partial charge in [0.2, 0.25) is 0 Å². The second-order valence-electron chi connectivity index (χ2n) is 8.88. The lowest BCUT2D eigenvalue weighted by atomic mass is 10.1. The highest BCUT2D eigenvalue weighted by Crippen LogP contribution is 2.23. The molecule has 1 aromatic carbocycles. The molecule has 1 aliphatic heterocycles. The van der Waals surface area contributed by atoms with Crippen LogP contribution in [0.3, 0.4) is 0 Å². The predicted molar refractivity (Wildman–Crippen MR) is 118 cm³/mol. The molecule has 0 saturated carbocycles. The summed E-state index contributed by atoms with van der Waals surface area (Å²) in [6.45, 7) is 13.9. The number of hydroxylamine groups is 2. The van der Waals surface area contributed by atoms with Crippen LogP contribution < -0.4 is 0 Å². The van der Waals surface area contributed by atoms with E-state index in [4.69, 9.17) is 14.3 Å². The van der Waals surface area contributed by atoms with Crippen LogP contribution in [0.15, 0.2) is 24.3 Å². The minimum Gasteiger partial charge on any atom is -0.459 e. The van der Waals surface area contributed by atoms with Gasteiger partial charge in [-0.15, -0.1) is 5.06 Å². The van der Waals surface area contributed by atoms with Crippen LogP contribution in [0.4, 0.5) is 0 Å². The third-order valence-electron chi connectivity index (χ3n) is 3.49. The summed E-state index contributed by atoms with van der Waals surface area (Å²) in [5, 5.41) is 0.610. The quantitative estimate of drug-likeness (QED) is 0.349. The van der Waals surface area contributed by atoms with Crippen molar-refractivity contribution in [2.24, 2.45) is 0 Å². The summed E-state index contributed by atoms with van der Waals surface area (Å²) in [4.78, 5) is 51.9. The molecule has 1 aliphatic rings. The number of amides is 2. The van der Waals surface area contributed by atoms with Crippen molar-refractivity contribution in [2.45, 2.75) is 77.5 Å². The van der Waals surface area contributed by atoms with Crippen LogP contribution in [0.2, 0.25) is 0 Å². The Morgan fingerprint density at radius 1 is 0.839 bits per heavy atom. The van der Waals surface area contributed by atoms with Crippen LogP contribution >= 0.6 is 15.9 Å². The topological polar surface area (TPSA) is 99.2 Å². The Kier molecular flexibility index (Phi) is 8.95. The van der Waals surface area contributed by atoms with E-state index >= 15 is 0 Å². The molecule has 2 unspecified atom stereocenters. The van der Waals surface area contributed by atoms with E-state index in [-0.39, 0.29) is 27.5 Å². The van der Waals surface area contributed by atoms with Gasteiger partial charge in [-0.2, -0.15) is 0 Å². The van der Waals surface area contributed by atoms with Crippen molar-refractivity contribution in [1.29, 1.82) is 0 Å². The number of hydrogen-bond donors (Lipinski definition) is 0. The number of esters is 2. The first-order chi connectivity index (χ1) is 14.0. The maximum atomic E-state index is 12.1. The monoisotopic (exact) mass is 499 g/mol. The van der Waals surface area contributed by atoms with Gasteiger partial charge in [0.25, 0.3) is 11.8 Å². The minimum absolute atomic E-state index is 0.215. The summed E-state index contributed by atoms with van der Waals surface area (Å²) in [7, 11) is 0. The normalized spacial score (nSPS) is 15.5. The number of nitrogens with zero attached hydrogens (tertiary/aromatic N) is 1. The van der Waals surface area contributed by atoms with Crippen LogP contribution in [0, 0.1) is 0 Å². The van der Waals surface area contributed by atoms with Gasteiger partial charge >= 0.3 is 11.9 Å². The molecule has 2 amide bonds. The molecule has 0 bridgehead atoms. The Hall–Kier alpha value is -2.26. The molecule has 0 aromatic heterocycles. The number of ether oxygens (including phenoxy) is 2. The lowest BCUT2D eigenvalue weighted by Crippen LogP contribution is -2.39. The van der Waals surface area contributed by atoms with Crippen molar-refractivity contribution in [3.8, 4) is 0 Å². The highest BCUT2D eigenvalue weighted by atomic mass is 79.9. The van der Waals surface area contributed by atoms with Crippen molar-refractivity contribution < 1.29 is 33.5 Å². The van der Waals surface area contributed by atoms with Crippen LogP contribution in [-0.2, 0) is 23.9 Å². The standard InChI is InChI=1S/C15H17NO5.C7H13BrO2/c1-9(14(19)20-15(2,3)4)21-16-12(17)10-7-5-6-8-11(10)13(16)18;1-5(8)6(9)10-7(2,3)4/h5-9H,1-4H3;5H,1-4H3. The number of imide groups is 1. The first-order valence-electron chi connectivity index (χ1n) is 9.78. The van der Waals surface area contributed by atoms with Crippen molar-refractivity contribution in [3.63, 3.8) is 0 Å². The summed E-state index contributed by atoms with van der Waals surface area (Å²) in [5.41, 5.74) is -0.520. The molecule has 9 heteroatoms. The van der Waals surface area contributed by atoms with E-state index in [1.54, 1.807) is 39.8 Å². The summed E-state index contributed by atoms with van der Waals surface area (Å²) in [6, 6.07) is 6.39. The maximum absolute atomic E-state index is 12.1. The molecule has 31 heavy (non-hydrogen) atoms. The van der Waals surface area contributed by atoms with Gasteiger partial charge in [-0.25, -0.2) is 9.63 Å². The lowest BCUT2D eigenvalue weighted by molar-refractivity contribution is -0.186. The zero-order chi connectivity index (χ0) is 24.1. The van der Waals surface area contributed by atoms with Gasteiger partial charge in [0, 0.05) is 0 Å². The van der Waals surface area contributed by atoms with Gasteiger partial charge < -0.3 is 9.47 Å². The molecule has 0 saturated heterocycles. The van der Waals surface area contributed by atoms with Gasteiger partial charge in [0.15, 0.2) is 6.10 Å². The maximum Gasteiger partial charge on any atom is 0.338 e. The molecule has 2 atom stereocenters. The first kappa shape index (κ1) is 26.8. The van der Waals surface area contributed by atoms with Crippen molar-refractivity contribution >= 4 is 39.7 Å². The molecule has 2 rings (SSSR count). The number of rotatable bonds is 4. The molecule has 1 heterocycles. The highest BCUT2D eigenvalue weighted by Gasteiger charge is 2.39. The number of benzene rings is 1. The van der Waals surface area contributed by atoms with E-state index in [0.717, 1.165) is 0 Å². The summed E-state index contributed by atoms with van der Waals surface area (Å²) in [5.74, 6) is -2.01. The van der Waals surface area contributed by atoms with E-state index < -0.39 is 29.5 Å². The molecule has 0 N–H and O–H groups in total. The van der Waals surface area contributed by atoms with Crippen molar-refractivity contribution in [3.05, 3.63) is 35.4 Å². The number of carbonyl (C=O) groups is 4. The molecule has 0 fully saturated rings. The van der Waals surface area contributed by atoms with Gasteiger partial charge in [-0.05, 0) is 67.5 Å². The summed E-state index contributed by atoms with van der Waals surface area (Å²) in [6.07, 6.45) is -1.06. The Morgan fingerprint density at radius 2 is 1.23 bits per heavy atom. The average molecular weight is 500 g/mol. The zero-order valence-electron chi connectivity index (χ0n) is 19.1. The van der Waals surface area contributed by atoms with Gasteiger partial charge in [-0.3, -0.25) is 14.4 Å². The third-order valence-corrected chi connectivity index (χ3v) is 3.86. The summed E-state index contributed by atoms with van der Waals surface area (Å²) < 4.78 is 10.2. The third kappa shape index (κ3) is 8.41. The lowest BCUT2D eigenvalue weighted by Gasteiger charge is -2.23. The smallest absolute Gasteiger partial charge is 0.338 e. The Balaban J connectivity index is 0.000000407. The van der Waals surface area contributed by atoms with E-state index in [2.05, 4.69) is 15.9 Å². The Labute approximate surface area is 191 Å². The number of alkyl halides is 1. The van der Waals surface area contributed by atoms with Crippen molar-refractivity contribution in [2.75, 3.05) is 0 Å². The predicted octanol–water partition coefficient (Wildman–Crippen LogP) is 4.06. The average Bonchev–Trinajstić information content (AvgIpc) is 2.84. The fourth-order valence-electron chi connectivity index (χ4n) is 2.23. The fraction of sp³-hybridized carbons (Fsp3) is 0.545. The molecule has 0 spiro atoms. The number of carbonyl (C=O) groups excluding carboxylic acids is 4. The molecular weight excluding hydrogens is 470 g/mol. The second kappa shape index (κ2) is 10.4. The van der Waals surface area contributed by atoms with Crippen LogP contribution in [0.25, 0.3) is 0 Å². The minimum atomic E-state index is -1.06. The summed E-state index contributed by atoms with van der Waals surface area (Å²) >= 11 is 3.12. The first-order valence-corrected chi connectivity index (χ1v) is 10.7. The Bertz CT molecular complexity index is 802. The van der Waals surface area contributed by atoms with Crippen LogP contribution in [0.5, 0.6) is 0 Å². The van der Waals surface area contributed by atoms with Crippen molar-refractivity contribution in [1.82, 2.24) is 5.06 Å². The SMILES string of the molecule is CC(Br)C(=O)OC(C)(C)C.CC(ON1C(=O)c2ccccc2C1=O)C(=O)OC(C)(C)C. The van der Waals surface area contributed by atoms with E-state index in [1.807, 2.05) is 20.8 Å². The van der Waals surface area contributed by atoms with Crippen LogP contribution in [0.1, 0.15) is 76.1 Å². The van der Waals surface area contributed by atoms with E-state index in [1.165, 1.54) is 19.1 Å². The second-order valence-corrected chi connectivity index (χ2v) is 10.3. The molecule has 8 nitrogen and oxygen atoms in total. The zero-order valence-corrected chi connectivity index (χ0v) is 20.7. The van der Waals surface area contributed by atoms with Gasteiger partial charge in [0.05, 0.1) is 11.1 Å². The van der Waals surface area contributed by atoms with E-state index in [9.17, 15) is 19.2 Å². The fourth-order valence-corrected chi connectivity index (χ4v) is 2.33. The highest BCUT2D eigenvalue weighted by molar-refractivity contribution is 9.10. The van der Waals surface area contributed by atoms with Gasteiger partial charge in [-0.1, -0.05) is 28.1 Å². The molecule has 0 radical (unpaired) electrons. The molecular formula is C22H30BrNO7. The van der Waals surface area contributed by atoms with Gasteiger partial charge in [0.1, 0.15) is 16.0 Å².